The molecule has 0 radical (unpaired) electrons. The molecule has 1 aliphatic rings. The van der Waals surface area contributed by atoms with Crippen LogP contribution in [0.2, 0.25) is 0 Å². The Labute approximate surface area is 116 Å². The minimum Gasteiger partial charge on any atom is -0.380 e. The highest BCUT2D eigenvalue weighted by Crippen LogP contribution is 2.23. The van der Waals surface area contributed by atoms with Crippen LogP contribution in [0.3, 0.4) is 0 Å². The molecule has 0 unspecified atom stereocenters. The highest BCUT2D eigenvalue weighted by Gasteiger charge is 2.28. The first-order chi connectivity index (χ1) is 9.17. The van der Waals surface area contributed by atoms with Crippen LogP contribution in [-0.4, -0.2) is 37.7 Å². The molecule has 1 fully saturated rings. The van der Waals surface area contributed by atoms with E-state index in [2.05, 4.69) is 48.5 Å². The summed E-state index contributed by atoms with van der Waals surface area (Å²) in [5.74, 6) is 0. The molecule has 2 rings (SSSR count). The monoisotopic (exact) mass is 262 g/mol. The molecule has 0 atom stereocenters. The number of methoxy groups -OCH3 is 1. The second kappa shape index (κ2) is 6.51. The number of ether oxygens (including phenoxy) is 1. The van der Waals surface area contributed by atoms with Gasteiger partial charge in [-0.15, -0.1) is 0 Å². The molecule has 106 valence electrons. The van der Waals surface area contributed by atoms with Crippen LogP contribution < -0.4 is 5.32 Å². The van der Waals surface area contributed by atoms with Gasteiger partial charge in [-0.1, -0.05) is 24.3 Å². The number of nitrogens with zero attached hydrogens (tertiary/aromatic N) is 1. The molecular formula is C16H26N2O. The Hall–Kier alpha value is -0.900. The van der Waals surface area contributed by atoms with Crippen molar-refractivity contribution in [2.75, 3.05) is 27.2 Å². The lowest BCUT2D eigenvalue weighted by molar-refractivity contribution is 0.143. The predicted molar refractivity (Wildman–Crippen MR) is 79.1 cm³/mol. The average molecular weight is 262 g/mol. The van der Waals surface area contributed by atoms with Crippen LogP contribution in [0.25, 0.3) is 0 Å². The highest BCUT2D eigenvalue weighted by molar-refractivity contribution is 5.26. The lowest BCUT2D eigenvalue weighted by Crippen LogP contribution is -2.49. The summed E-state index contributed by atoms with van der Waals surface area (Å²) in [6.45, 7) is 6.40. The lowest BCUT2D eigenvalue weighted by Gasteiger charge is -2.39. The van der Waals surface area contributed by atoms with E-state index < -0.39 is 0 Å². The van der Waals surface area contributed by atoms with Crippen LogP contribution in [0.1, 0.15) is 30.9 Å². The summed E-state index contributed by atoms with van der Waals surface area (Å²) in [6.07, 6.45) is 2.44. The van der Waals surface area contributed by atoms with E-state index in [9.17, 15) is 0 Å². The number of piperidine rings is 1. The van der Waals surface area contributed by atoms with Gasteiger partial charge in [-0.2, -0.15) is 0 Å². The molecule has 1 aromatic rings. The van der Waals surface area contributed by atoms with Crippen LogP contribution in [0.4, 0.5) is 0 Å². The van der Waals surface area contributed by atoms with Crippen molar-refractivity contribution < 1.29 is 4.74 Å². The molecule has 1 heterocycles. The Morgan fingerprint density at radius 1 is 1.21 bits per heavy atom. The maximum Gasteiger partial charge on any atom is 0.0716 e. The van der Waals surface area contributed by atoms with E-state index in [1.165, 1.54) is 37.1 Å². The maximum atomic E-state index is 5.28. The number of likely N-dealkylation sites (tertiary alicyclic amines) is 1. The van der Waals surface area contributed by atoms with Crippen molar-refractivity contribution in [1.29, 1.82) is 0 Å². The number of hydrogen-bond acceptors (Lipinski definition) is 3. The summed E-state index contributed by atoms with van der Waals surface area (Å²) in [4.78, 5) is 2.55. The van der Waals surface area contributed by atoms with E-state index in [0.29, 0.717) is 12.1 Å². The smallest absolute Gasteiger partial charge is 0.0716 e. The van der Waals surface area contributed by atoms with E-state index in [4.69, 9.17) is 4.74 Å². The lowest BCUT2D eigenvalue weighted by atomic mass is 9.89. The minimum absolute atomic E-state index is 0.322. The number of rotatable bonds is 5. The van der Waals surface area contributed by atoms with Gasteiger partial charge in [-0.05, 0) is 37.9 Å². The van der Waals surface area contributed by atoms with Crippen molar-refractivity contribution in [3.63, 3.8) is 0 Å². The van der Waals surface area contributed by atoms with Gasteiger partial charge in [0.15, 0.2) is 0 Å². The van der Waals surface area contributed by atoms with Crippen LogP contribution in [-0.2, 0) is 17.9 Å². The van der Waals surface area contributed by atoms with Crippen molar-refractivity contribution in [2.24, 2.45) is 0 Å². The molecule has 3 nitrogen and oxygen atoms in total. The topological polar surface area (TPSA) is 24.5 Å². The molecule has 0 amide bonds. The highest BCUT2D eigenvalue weighted by atomic mass is 16.5. The fourth-order valence-corrected chi connectivity index (χ4v) is 2.70. The molecule has 1 saturated heterocycles. The van der Waals surface area contributed by atoms with E-state index >= 15 is 0 Å². The van der Waals surface area contributed by atoms with Gasteiger partial charge in [0.2, 0.25) is 0 Å². The molecule has 0 aliphatic carbocycles. The second-order valence-corrected chi connectivity index (χ2v) is 5.79. The summed E-state index contributed by atoms with van der Waals surface area (Å²) in [5.41, 5.74) is 3.03. The van der Waals surface area contributed by atoms with Crippen LogP contribution >= 0.6 is 0 Å². The van der Waals surface area contributed by atoms with Crippen molar-refractivity contribution in [3.8, 4) is 0 Å². The zero-order valence-electron chi connectivity index (χ0n) is 12.4. The third-order valence-corrected chi connectivity index (χ3v) is 4.38. The van der Waals surface area contributed by atoms with Gasteiger partial charge in [-0.25, -0.2) is 0 Å². The SMILES string of the molecule is CNC1(C)CCN(Cc2ccccc2COC)CC1. The first-order valence-corrected chi connectivity index (χ1v) is 7.14. The molecule has 19 heavy (non-hydrogen) atoms. The Bertz CT molecular complexity index is 397. The van der Waals surface area contributed by atoms with Gasteiger partial charge in [0.25, 0.3) is 0 Å². The number of nitrogens with one attached hydrogen (secondary N) is 1. The molecular weight excluding hydrogens is 236 g/mol. The van der Waals surface area contributed by atoms with E-state index in [-0.39, 0.29) is 0 Å². The minimum atomic E-state index is 0.322. The molecule has 0 aromatic heterocycles. The standard InChI is InChI=1S/C16H26N2O/c1-16(17-2)8-10-18(11-9-16)12-14-6-4-5-7-15(14)13-19-3/h4-7,17H,8-13H2,1-3H3. The molecule has 3 heteroatoms. The van der Waals surface area contributed by atoms with Crippen LogP contribution in [0.15, 0.2) is 24.3 Å². The predicted octanol–water partition coefficient (Wildman–Crippen LogP) is 2.41. The third-order valence-electron chi connectivity index (χ3n) is 4.38. The van der Waals surface area contributed by atoms with Gasteiger partial charge < -0.3 is 10.1 Å². The molecule has 1 N–H and O–H groups in total. The Morgan fingerprint density at radius 3 is 2.42 bits per heavy atom. The fraction of sp³-hybridized carbons (Fsp3) is 0.625. The summed E-state index contributed by atoms with van der Waals surface area (Å²) >= 11 is 0. The Balaban J connectivity index is 1.95. The van der Waals surface area contributed by atoms with Gasteiger partial charge in [0.05, 0.1) is 6.61 Å². The molecule has 1 aromatic carbocycles. The number of benzene rings is 1. The summed E-state index contributed by atoms with van der Waals surface area (Å²) in [7, 11) is 3.83. The third kappa shape index (κ3) is 3.78. The van der Waals surface area contributed by atoms with Crippen molar-refractivity contribution in [1.82, 2.24) is 10.2 Å². The summed E-state index contributed by atoms with van der Waals surface area (Å²) < 4.78 is 5.28. The van der Waals surface area contributed by atoms with Gasteiger partial charge in [0, 0.05) is 32.3 Å². The Morgan fingerprint density at radius 2 is 1.84 bits per heavy atom. The van der Waals surface area contributed by atoms with Crippen molar-refractivity contribution >= 4 is 0 Å². The molecule has 0 bridgehead atoms. The maximum absolute atomic E-state index is 5.28. The molecule has 0 spiro atoms. The van der Waals surface area contributed by atoms with Gasteiger partial charge in [-0.3, -0.25) is 4.90 Å². The van der Waals surface area contributed by atoms with Crippen LogP contribution in [0, 0.1) is 0 Å². The van der Waals surface area contributed by atoms with Crippen molar-refractivity contribution in [2.45, 2.75) is 38.5 Å². The van der Waals surface area contributed by atoms with Gasteiger partial charge in [0.1, 0.15) is 0 Å². The van der Waals surface area contributed by atoms with Crippen molar-refractivity contribution in [3.05, 3.63) is 35.4 Å². The average Bonchev–Trinajstić information content (AvgIpc) is 2.44. The van der Waals surface area contributed by atoms with E-state index in [0.717, 1.165) is 6.54 Å². The fourth-order valence-electron chi connectivity index (χ4n) is 2.70. The summed E-state index contributed by atoms with van der Waals surface area (Å²) in [5, 5.41) is 3.45. The zero-order chi connectivity index (χ0) is 13.7. The zero-order valence-corrected chi connectivity index (χ0v) is 12.4. The number of hydrogen-bond donors (Lipinski definition) is 1. The van der Waals surface area contributed by atoms with Crippen LogP contribution in [0.5, 0.6) is 0 Å². The quantitative estimate of drug-likeness (QED) is 0.882. The first-order valence-electron chi connectivity index (χ1n) is 7.14. The largest absolute Gasteiger partial charge is 0.380 e. The van der Waals surface area contributed by atoms with E-state index in [1.807, 2.05) is 0 Å². The Kier molecular flexibility index (Phi) is 4.97. The van der Waals surface area contributed by atoms with Gasteiger partial charge >= 0.3 is 0 Å². The first kappa shape index (κ1) is 14.5. The normalized spacial score (nSPS) is 19.5. The molecule has 1 aliphatic heterocycles. The van der Waals surface area contributed by atoms with E-state index in [1.54, 1.807) is 7.11 Å². The second-order valence-electron chi connectivity index (χ2n) is 5.79. The summed E-state index contributed by atoms with van der Waals surface area (Å²) in [6, 6.07) is 8.60. The molecule has 0 saturated carbocycles.